The van der Waals surface area contributed by atoms with E-state index < -0.39 is 0 Å². The zero-order valence-electron chi connectivity index (χ0n) is 11.2. The predicted octanol–water partition coefficient (Wildman–Crippen LogP) is 1.24. The third-order valence-corrected chi connectivity index (χ3v) is 3.04. The van der Waals surface area contributed by atoms with Crippen LogP contribution in [0.15, 0.2) is 24.5 Å². The molecule has 1 aromatic rings. The van der Waals surface area contributed by atoms with Gasteiger partial charge in [0.05, 0.1) is 13.2 Å². The lowest BCUT2D eigenvalue weighted by Crippen LogP contribution is -2.35. The number of ether oxygens (including phenoxy) is 2. The van der Waals surface area contributed by atoms with E-state index in [1.165, 1.54) is 0 Å². The van der Waals surface area contributed by atoms with E-state index in [4.69, 9.17) is 9.47 Å². The van der Waals surface area contributed by atoms with Gasteiger partial charge in [-0.1, -0.05) is 6.07 Å². The quantitative estimate of drug-likeness (QED) is 0.663. The summed E-state index contributed by atoms with van der Waals surface area (Å²) in [6.45, 7) is 1.71. The molecule has 0 unspecified atom stereocenters. The van der Waals surface area contributed by atoms with Crippen LogP contribution in [0.5, 0.6) is 0 Å². The molecule has 0 atom stereocenters. The maximum Gasteiger partial charge on any atom is 0.249 e. The second-order valence-electron chi connectivity index (χ2n) is 4.66. The molecule has 0 aliphatic heterocycles. The van der Waals surface area contributed by atoms with Crippen molar-refractivity contribution in [2.45, 2.75) is 25.4 Å². The van der Waals surface area contributed by atoms with Gasteiger partial charge in [0.25, 0.3) is 0 Å². The predicted molar refractivity (Wildman–Crippen MR) is 70.5 cm³/mol. The molecule has 104 valence electrons. The van der Waals surface area contributed by atoms with Crippen LogP contribution in [0.25, 0.3) is 0 Å². The molecule has 1 aliphatic carbocycles. The minimum Gasteiger partial charge on any atom is -0.382 e. The van der Waals surface area contributed by atoms with Crippen molar-refractivity contribution in [3.05, 3.63) is 30.1 Å². The molecule has 2 rings (SSSR count). The summed E-state index contributed by atoms with van der Waals surface area (Å²) in [4.78, 5) is 18.1. The number of amides is 1. The third kappa shape index (κ3) is 4.61. The molecule has 0 spiro atoms. The van der Waals surface area contributed by atoms with E-state index in [9.17, 15) is 4.79 Å². The smallest absolute Gasteiger partial charge is 0.249 e. The van der Waals surface area contributed by atoms with Crippen LogP contribution in [0.4, 0.5) is 0 Å². The Hall–Kier alpha value is -1.46. The number of pyridine rings is 1. The largest absolute Gasteiger partial charge is 0.382 e. The monoisotopic (exact) mass is 264 g/mol. The Morgan fingerprint density at radius 2 is 2.32 bits per heavy atom. The van der Waals surface area contributed by atoms with Gasteiger partial charge in [-0.15, -0.1) is 0 Å². The maximum absolute atomic E-state index is 12.1. The highest BCUT2D eigenvalue weighted by Gasteiger charge is 2.32. The van der Waals surface area contributed by atoms with E-state index in [0.717, 1.165) is 18.4 Å². The lowest BCUT2D eigenvalue weighted by molar-refractivity contribution is -0.137. The summed E-state index contributed by atoms with van der Waals surface area (Å²) >= 11 is 0. The molecule has 1 aliphatic rings. The molecule has 0 aromatic carbocycles. The van der Waals surface area contributed by atoms with Gasteiger partial charge in [-0.2, -0.15) is 0 Å². The van der Waals surface area contributed by atoms with Crippen molar-refractivity contribution in [3.8, 4) is 0 Å². The summed E-state index contributed by atoms with van der Waals surface area (Å²) < 4.78 is 10.2. The van der Waals surface area contributed by atoms with Gasteiger partial charge in [0.1, 0.15) is 6.61 Å². The molecular formula is C14H20N2O3. The van der Waals surface area contributed by atoms with Crippen LogP contribution in [-0.4, -0.2) is 48.8 Å². The van der Waals surface area contributed by atoms with Crippen LogP contribution in [-0.2, 0) is 20.8 Å². The zero-order valence-corrected chi connectivity index (χ0v) is 11.2. The SMILES string of the molecule is COCCOCC(=O)N(Cc1cccnc1)C1CC1. The zero-order chi connectivity index (χ0) is 13.5. The van der Waals surface area contributed by atoms with Crippen LogP contribution in [0.1, 0.15) is 18.4 Å². The molecule has 0 saturated heterocycles. The molecule has 1 fully saturated rings. The molecular weight excluding hydrogens is 244 g/mol. The molecule has 0 N–H and O–H groups in total. The van der Waals surface area contributed by atoms with Gasteiger partial charge >= 0.3 is 0 Å². The van der Waals surface area contributed by atoms with Gasteiger partial charge in [0.15, 0.2) is 0 Å². The van der Waals surface area contributed by atoms with Crippen LogP contribution in [0.3, 0.4) is 0 Å². The molecule has 1 amide bonds. The van der Waals surface area contributed by atoms with Crippen LogP contribution < -0.4 is 0 Å². The fraction of sp³-hybridized carbons (Fsp3) is 0.571. The van der Waals surface area contributed by atoms with E-state index >= 15 is 0 Å². The summed E-state index contributed by atoms with van der Waals surface area (Å²) in [5, 5.41) is 0. The molecule has 0 bridgehead atoms. The van der Waals surface area contributed by atoms with E-state index in [1.807, 2.05) is 17.0 Å². The standard InChI is InChI=1S/C14H20N2O3/c1-18-7-8-19-11-14(17)16(13-4-5-13)10-12-3-2-6-15-9-12/h2-3,6,9,13H,4-5,7-8,10-11H2,1H3. The highest BCUT2D eigenvalue weighted by atomic mass is 16.5. The number of rotatable bonds is 8. The second kappa shape index (κ2) is 7.21. The van der Waals surface area contributed by atoms with Gasteiger partial charge in [-0.25, -0.2) is 0 Å². The van der Waals surface area contributed by atoms with Gasteiger partial charge in [0, 0.05) is 32.1 Å². The van der Waals surface area contributed by atoms with Crippen molar-refractivity contribution in [1.82, 2.24) is 9.88 Å². The summed E-state index contributed by atoms with van der Waals surface area (Å²) in [7, 11) is 1.62. The van der Waals surface area contributed by atoms with Gasteiger partial charge in [0.2, 0.25) is 5.91 Å². The number of methoxy groups -OCH3 is 1. The molecule has 1 heterocycles. The van der Waals surface area contributed by atoms with Gasteiger partial charge in [-0.05, 0) is 24.5 Å². The fourth-order valence-corrected chi connectivity index (χ4v) is 1.88. The van der Waals surface area contributed by atoms with Gasteiger partial charge in [-0.3, -0.25) is 9.78 Å². The summed E-state index contributed by atoms with van der Waals surface area (Å²) in [6.07, 6.45) is 5.71. The molecule has 1 saturated carbocycles. The minimum atomic E-state index is 0.0439. The Kier molecular flexibility index (Phi) is 5.30. The Morgan fingerprint density at radius 1 is 1.47 bits per heavy atom. The van der Waals surface area contributed by atoms with E-state index in [2.05, 4.69) is 4.98 Å². The third-order valence-electron chi connectivity index (χ3n) is 3.04. The van der Waals surface area contributed by atoms with Crippen LogP contribution >= 0.6 is 0 Å². The van der Waals surface area contributed by atoms with E-state index in [-0.39, 0.29) is 12.5 Å². The second-order valence-corrected chi connectivity index (χ2v) is 4.66. The lowest BCUT2D eigenvalue weighted by Gasteiger charge is -2.22. The van der Waals surface area contributed by atoms with Crippen molar-refractivity contribution in [2.24, 2.45) is 0 Å². The van der Waals surface area contributed by atoms with Crippen molar-refractivity contribution < 1.29 is 14.3 Å². The number of carbonyl (C=O) groups is 1. The maximum atomic E-state index is 12.1. The Labute approximate surface area is 113 Å². The average Bonchev–Trinajstić information content (AvgIpc) is 3.26. The van der Waals surface area contributed by atoms with E-state index in [0.29, 0.717) is 25.8 Å². The average molecular weight is 264 g/mol. The summed E-state index contributed by atoms with van der Waals surface area (Å²) in [5.74, 6) is 0.0439. The van der Waals surface area contributed by atoms with Crippen molar-refractivity contribution in [2.75, 3.05) is 26.9 Å². The van der Waals surface area contributed by atoms with Crippen LogP contribution in [0.2, 0.25) is 0 Å². The minimum absolute atomic E-state index is 0.0439. The summed E-state index contributed by atoms with van der Waals surface area (Å²) in [5.41, 5.74) is 1.06. The topological polar surface area (TPSA) is 51.7 Å². The number of hydrogen-bond acceptors (Lipinski definition) is 4. The highest BCUT2D eigenvalue weighted by Crippen LogP contribution is 2.28. The van der Waals surface area contributed by atoms with Crippen molar-refractivity contribution >= 4 is 5.91 Å². The number of nitrogens with zero attached hydrogens (tertiary/aromatic N) is 2. The number of aromatic nitrogens is 1. The number of carbonyl (C=O) groups excluding carboxylic acids is 1. The first kappa shape index (κ1) is 14.0. The van der Waals surface area contributed by atoms with Crippen molar-refractivity contribution in [3.63, 3.8) is 0 Å². The lowest BCUT2D eigenvalue weighted by atomic mass is 10.2. The molecule has 0 radical (unpaired) electrons. The van der Waals surface area contributed by atoms with Gasteiger partial charge < -0.3 is 14.4 Å². The Morgan fingerprint density at radius 3 is 2.95 bits per heavy atom. The Bertz CT molecular complexity index is 393. The fourth-order valence-electron chi connectivity index (χ4n) is 1.88. The highest BCUT2D eigenvalue weighted by molar-refractivity contribution is 5.78. The van der Waals surface area contributed by atoms with Crippen molar-refractivity contribution in [1.29, 1.82) is 0 Å². The first-order chi connectivity index (χ1) is 9.31. The van der Waals surface area contributed by atoms with E-state index in [1.54, 1.807) is 19.5 Å². The van der Waals surface area contributed by atoms with Crippen LogP contribution in [0, 0.1) is 0 Å². The molecule has 1 aromatic heterocycles. The Balaban J connectivity index is 1.83. The molecule has 19 heavy (non-hydrogen) atoms. The number of hydrogen-bond donors (Lipinski definition) is 0. The summed E-state index contributed by atoms with van der Waals surface area (Å²) in [6, 6.07) is 4.25. The normalized spacial score (nSPS) is 14.4. The first-order valence-electron chi connectivity index (χ1n) is 6.56. The molecule has 5 heteroatoms. The molecule has 5 nitrogen and oxygen atoms in total. The first-order valence-corrected chi connectivity index (χ1v) is 6.56.